The Morgan fingerprint density at radius 2 is 1.91 bits per heavy atom. The number of carbonyl (C=O) groups excluding carboxylic acids is 2. The molecule has 6 aliphatic rings. The number of alkyl halides is 1. The Morgan fingerprint density at radius 3 is 2.61 bits per heavy atom. The van der Waals surface area contributed by atoms with Gasteiger partial charge in [0.05, 0.1) is 12.0 Å². The van der Waals surface area contributed by atoms with E-state index in [1.807, 2.05) is 0 Å². The van der Waals surface area contributed by atoms with Crippen LogP contribution in [0.5, 0.6) is 0 Å². The average Bonchev–Trinajstić information content (AvgIpc) is 3.46. The maximum absolute atomic E-state index is 17.5. The SMILES string of the molecule is C[C@@H]1C[C@H]2[C@@H]3CCC4=CC(=O)C(C=O)C[C@]4(C)[C@@]3(F)[C@@H](O)C[C@]2(C)[C@]12OCOC21COCO1. The molecule has 1 N–H and O–H groups in total. The number of aliphatic hydroxyl groups is 1. The molecule has 2 saturated heterocycles. The summed E-state index contributed by atoms with van der Waals surface area (Å²) in [5.74, 6) is -2.67. The lowest BCUT2D eigenvalue weighted by Crippen LogP contribution is -2.72. The molecular weight excluding hydrogens is 431 g/mol. The van der Waals surface area contributed by atoms with Crippen molar-refractivity contribution in [3.8, 4) is 0 Å². The summed E-state index contributed by atoms with van der Waals surface area (Å²) in [6.45, 7) is 6.43. The zero-order chi connectivity index (χ0) is 23.4. The van der Waals surface area contributed by atoms with E-state index in [9.17, 15) is 14.7 Å². The molecule has 33 heavy (non-hydrogen) atoms. The van der Waals surface area contributed by atoms with E-state index in [4.69, 9.17) is 18.9 Å². The first-order valence-corrected chi connectivity index (χ1v) is 12.2. The van der Waals surface area contributed by atoms with Gasteiger partial charge >= 0.3 is 0 Å². The van der Waals surface area contributed by atoms with Crippen molar-refractivity contribution in [3.63, 3.8) is 0 Å². The van der Waals surface area contributed by atoms with Gasteiger partial charge in [0.1, 0.15) is 24.2 Å². The van der Waals surface area contributed by atoms with Gasteiger partial charge in [0.25, 0.3) is 0 Å². The number of rotatable bonds is 1. The molecule has 4 aliphatic carbocycles. The number of aldehydes is 1. The van der Waals surface area contributed by atoms with Crippen LogP contribution in [0.25, 0.3) is 0 Å². The van der Waals surface area contributed by atoms with E-state index in [0.29, 0.717) is 19.1 Å². The van der Waals surface area contributed by atoms with Gasteiger partial charge in [0, 0.05) is 16.7 Å². The second kappa shape index (κ2) is 6.72. The number of allylic oxidation sites excluding steroid dienone is 1. The van der Waals surface area contributed by atoms with Crippen LogP contribution in [0.2, 0.25) is 0 Å². The number of hydrogen-bond donors (Lipinski definition) is 1. The van der Waals surface area contributed by atoms with Crippen LogP contribution in [-0.2, 0) is 28.5 Å². The molecule has 0 aromatic rings. The third-order valence-corrected chi connectivity index (χ3v) is 10.7. The van der Waals surface area contributed by atoms with Crippen LogP contribution < -0.4 is 0 Å². The summed E-state index contributed by atoms with van der Waals surface area (Å²) in [5, 5.41) is 11.6. The standard InChI is InChI=1S/C25H33FO7/c1-14-6-18-17-5-4-16-7-19(28)15(10-27)8-21(16,2)24(17,26)20(29)9-22(18,3)25(14)23(32-13-33-25)11-30-12-31-23/h7,10,14-15,17-18,20,29H,4-6,8-9,11-13H2,1-3H3/t14-,15?,17+,18+,20+,21+,22+,23?,24+,25-/m1/s1. The van der Waals surface area contributed by atoms with Crippen molar-refractivity contribution in [2.24, 2.45) is 34.5 Å². The fourth-order valence-electron chi connectivity index (χ4n) is 9.33. The van der Waals surface area contributed by atoms with Crippen molar-refractivity contribution in [3.05, 3.63) is 11.6 Å². The number of fused-ring (bicyclic) bond motifs is 7. The molecule has 5 fully saturated rings. The molecule has 3 saturated carbocycles. The van der Waals surface area contributed by atoms with Crippen molar-refractivity contribution in [1.29, 1.82) is 0 Å². The molecule has 7 nitrogen and oxygen atoms in total. The van der Waals surface area contributed by atoms with Crippen LogP contribution in [0.4, 0.5) is 4.39 Å². The van der Waals surface area contributed by atoms with Crippen molar-refractivity contribution < 1.29 is 38.0 Å². The smallest absolute Gasteiger partial charge is 0.227 e. The molecule has 0 aromatic heterocycles. The molecule has 6 rings (SSSR count). The van der Waals surface area contributed by atoms with Crippen molar-refractivity contribution in [2.45, 2.75) is 76.0 Å². The van der Waals surface area contributed by atoms with E-state index >= 15 is 4.39 Å². The quantitative estimate of drug-likeness (QED) is 0.471. The number of halogens is 1. The molecule has 2 heterocycles. The van der Waals surface area contributed by atoms with E-state index < -0.39 is 45.8 Å². The molecule has 182 valence electrons. The Bertz CT molecular complexity index is 924. The highest BCUT2D eigenvalue weighted by Gasteiger charge is 2.81. The van der Waals surface area contributed by atoms with E-state index in [2.05, 4.69) is 13.8 Å². The Balaban J connectivity index is 1.47. The van der Waals surface area contributed by atoms with Gasteiger partial charge < -0.3 is 28.8 Å². The topological polar surface area (TPSA) is 91.3 Å². The van der Waals surface area contributed by atoms with E-state index in [1.54, 1.807) is 6.92 Å². The van der Waals surface area contributed by atoms with Crippen LogP contribution >= 0.6 is 0 Å². The third-order valence-electron chi connectivity index (χ3n) is 10.7. The molecule has 2 unspecified atom stereocenters. The lowest BCUT2D eigenvalue weighted by Gasteiger charge is -2.64. The number of ketones is 1. The summed E-state index contributed by atoms with van der Waals surface area (Å²) in [4.78, 5) is 24.0. The number of ether oxygens (including phenoxy) is 4. The Kier molecular flexibility index (Phi) is 4.54. The predicted octanol–water partition coefficient (Wildman–Crippen LogP) is 2.70. The third kappa shape index (κ3) is 2.28. The first-order valence-electron chi connectivity index (χ1n) is 12.2. The lowest BCUT2D eigenvalue weighted by atomic mass is 9.43. The maximum Gasteiger partial charge on any atom is 0.227 e. The van der Waals surface area contributed by atoms with Gasteiger partial charge in [-0.25, -0.2) is 4.39 Å². The normalized spacial score (nSPS) is 57.7. The lowest BCUT2D eigenvalue weighted by molar-refractivity contribution is -0.280. The summed E-state index contributed by atoms with van der Waals surface area (Å²) < 4.78 is 41.6. The van der Waals surface area contributed by atoms with E-state index in [0.717, 1.165) is 12.0 Å². The summed E-state index contributed by atoms with van der Waals surface area (Å²) in [6, 6.07) is 0. The zero-order valence-electron chi connectivity index (χ0n) is 19.5. The van der Waals surface area contributed by atoms with Crippen LogP contribution in [0.3, 0.4) is 0 Å². The molecule has 10 atom stereocenters. The monoisotopic (exact) mass is 464 g/mol. The first-order chi connectivity index (χ1) is 15.6. The summed E-state index contributed by atoms with van der Waals surface area (Å²) in [7, 11) is 0. The molecule has 2 spiro atoms. The minimum Gasteiger partial charge on any atom is -0.390 e. The van der Waals surface area contributed by atoms with Crippen LogP contribution in [0.15, 0.2) is 11.6 Å². The Morgan fingerprint density at radius 1 is 1.15 bits per heavy atom. The summed E-state index contributed by atoms with van der Waals surface area (Å²) >= 11 is 0. The van der Waals surface area contributed by atoms with Crippen molar-refractivity contribution in [1.82, 2.24) is 0 Å². The van der Waals surface area contributed by atoms with Gasteiger partial charge in [-0.2, -0.15) is 0 Å². The number of hydrogen-bond acceptors (Lipinski definition) is 7. The Labute approximate surface area is 193 Å². The fourth-order valence-corrected chi connectivity index (χ4v) is 9.33. The molecular formula is C25H33FO7. The fraction of sp³-hybridized carbons (Fsp3) is 0.840. The van der Waals surface area contributed by atoms with Gasteiger partial charge in [0.2, 0.25) is 5.79 Å². The van der Waals surface area contributed by atoms with Crippen molar-refractivity contribution in [2.75, 3.05) is 20.2 Å². The summed E-state index contributed by atoms with van der Waals surface area (Å²) in [5.41, 5.74) is -3.71. The Hall–Kier alpha value is -1.19. The van der Waals surface area contributed by atoms with Crippen molar-refractivity contribution >= 4 is 12.1 Å². The molecule has 0 aromatic carbocycles. The molecule has 0 bridgehead atoms. The van der Waals surface area contributed by atoms with Gasteiger partial charge in [0.15, 0.2) is 19.4 Å². The highest BCUT2D eigenvalue weighted by atomic mass is 19.1. The highest BCUT2D eigenvalue weighted by Crippen LogP contribution is 2.74. The average molecular weight is 465 g/mol. The maximum atomic E-state index is 17.5. The number of carbonyl (C=O) groups is 2. The second-order valence-electron chi connectivity index (χ2n) is 11.7. The molecule has 0 amide bonds. The molecule has 8 heteroatoms. The molecule has 2 aliphatic heterocycles. The minimum atomic E-state index is -1.94. The van der Waals surface area contributed by atoms with Crippen LogP contribution in [0.1, 0.15) is 52.9 Å². The van der Waals surface area contributed by atoms with Crippen LogP contribution in [-0.4, -0.2) is 60.5 Å². The highest BCUT2D eigenvalue weighted by molar-refractivity contribution is 6.02. The molecule has 0 radical (unpaired) electrons. The number of aliphatic hydroxyl groups excluding tert-OH is 1. The van der Waals surface area contributed by atoms with Gasteiger partial charge in [-0.3, -0.25) is 4.79 Å². The predicted molar refractivity (Wildman–Crippen MR) is 112 cm³/mol. The zero-order valence-corrected chi connectivity index (χ0v) is 19.5. The van der Waals surface area contributed by atoms with Gasteiger partial charge in [-0.1, -0.05) is 26.3 Å². The second-order valence-corrected chi connectivity index (χ2v) is 11.7. The van der Waals surface area contributed by atoms with Crippen LogP contribution in [0, 0.1) is 34.5 Å². The van der Waals surface area contributed by atoms with Gasteiger partial charge in [-0.15, -0.1) is 0 Å². The van der Waals surface area contributed by atoms with Gasteiger partial charge in [-0.05, 0) is 50.0 Å². The van der Waals surface area contributed by atoms with E-state index in [-0.39, 0.29) is 50.7 Å². The van der Waals surface area contributed by atoms with E-state index in [1.165, 1.54) is 6.08 Å². The summed E-state index contributed by atoms with van der Waals surface area (Å²) in [6.07, 6.45) is 2.98. The first kappa shape index (κ1) is 22.3. The minimum absolute atomic E-state index is 0.00616. The largest absolute Gasteiger partial charge is 0.390 e.